The number of piperidine rings is 1. The van der Waals surface area contributed by atoms with E-state index >= 15 is 0 Å². The highest BCUT2D eigenvalue weighted by molar-refractivity contribution is 5.84. The van der Waals surface area contributed by atoms with Gasteiger partial charge in [-0.25, -0.2) is 0 Å². The maximum atomic E-state index is 12.5. The van der Waals surface area contributed by atoms with E-state index < -0.39 is 0 Å². The Morgan fingerprint density at radius 2 is 2.20 bits per heavy atom. The van der Waals surface area contributed by atoms with Crippen molar-refractivity contribution in [3.8, 4) is 0 Å². The molecule has 0 N–H and O–H groups in total. The van der Waals surface area contributed by atoms with Crippen molar-refractivity contribution in [2.75, 3.05) is 31.6 Å². The zero-order valence-corrected chi connectivity index (χ0v) is 12.3. The molecule has 20 heavy (non-hydrogen) atoms. The first-order valence-electron chi connectivity index (χ1n) is 7.48. The molecule has 1 aromatic rings. The molecule has 3 rings (SSSR count). The Labute approximate surface area is 119 Å². The summed E-state index contributed by atoms with van der Waals surface area (Å²) in [6.45, 7) is 4.53. The standard InChI is InChI=1S/C14H22N4O2/c1-3-5-11-15-13(16-20-11)18-9-7-14(10-18)6-4-8-17(2)12(14)19/h3-10H2,1-2H3/t14-/m1/s1. The quantitative estimate of drug-likeness (QED) is 0.838. The number of hydrogen-bond donors (Lipinski definition) is 0. The summed E-state index contributed by atoms with van der Waals surface area (Å²) in [5.41, 5.74) is -0.224. The average Bonchev–Trinajstić information content (AvgIpc) is 3.04. The minimum atomic E-state index is -0.224. The van der Waals surface area contributed by atoms with Crippen molar-refractivity contribution in [1.29, 1.82) is 0 Å². The average molecular weight is 278 g/mol. The molecule has 3 heterocycles. The second-order valence-corrected chi connectivity index (χ2v) is 6.02. The molecule has 2 aliphatic rings. The van der Waals surface area contributed by atoms with Gasteiger partial charge in [-0.05, 0) is 30.8 Å². The van der Waals surface area contributed by atoms with Crippen LogP contribution in [0.3, 0.4) is 0 Å². The minimum Gasteiger partial charge on any atom is -0.345 e. The number of hydrogen-bond acceptors (Lipinski definition) is 5. The molecule has 0 bridgehead atoms. The van der Waals surface area contributed by atoms with E-state index in [4.69, 9.17) is 4.52 Å². The van der Waals surface area contributed by atoms with Gasteiger partial charge < -0.3 is 14.3 Å². The summed E-state index contributed by atoms with van der Waals surface area (Å²) >= 11 is 0. The van der Waals surface area contributed by atoms with Gasteiger partial charge in [-0.3, -0.25) is 4.79 Å². The summed E-state index contributed by atoms with van der Waals surface area (Å²) in [7, 11) is 1.90. The van der Waals surface area contributed by atoms with E-state index in [9.17, 15) is 4.79 Å². The lowest BCUT2D eigenvalue weighted by Gasteiger charge is -2.37. The van der Waals surface area contributed by atoms with Gasteiger partial charge in [0.25, 0.3) is 5.95 Å². The second kappa shape index (κ2) is 5.07. The number of anilines is 1. The summed E-state index contributed by atoms with van der Waals surface area (Å²) in [6.07, 6.45) is 4.77. The van der Waals surface area contributed by atoms with Crippen LogP contribution >= 0.6 is 0 Å². The first-order valence-corrected chi connectivity index (χ1v) is 7.48. The van der Waals surface area contributed by atoms with E-state index in [2.05, 4.69) is 22.0 Å². The van der Waals surface area contributed by atoms with Gasteiger partial charge in [-0.2, -0.15) is 4.98 Å². The molecule has 0 unspecified atom stereocenters. The van der Waals surface area contributed by atoms with E-state index in [1.54, 1.807) is 0 Å². The number of aryl methyl sites for hydroxylation is 1. The molecule has 0 radical (unpaired) electrons. The van der Waals surface area contributed by atoms with E-state index in [1.807, 2.05) is 11.9 Å². The van der Waals surface area contributed by atoms with E-state index in [0.717, 1.165) is 51.7 Å². The Bertz CT molecular complexity index is 501. The highest BCUT2D eigenvalue weighted by Crippen LogP contribution is 2.40. The summed E-state index contributed by atoms with van der Waals surface area (Å²) in [4.78, 5) is 20.9. The van der Waals surface area contributed by atoms with Gasteiger partial charge >= 0.3 is 0 Å². The molecule has 2 fully saturated rings. The predicted octanol–water partition coefficient (Wildman–Crippen LogP) is 1.47. The van der Waals surface area contributed by atoms with Crippen molar-refractivity contribution in [1.82, 2.24) is 15.0 Å². The fourth-order valence-electron chi connectivity index (χ4n) is 3.38. The summed E-state index contributed by atoms with van der Waals surface area (Å²) < 4.78 is 5.24. The molecule has 6 heteroatoms. The molecule has 110 valence electrons. The fraction of sp³-hybridized carbons (Fsp3) is 0.786. The predicted molar refractivity (Wildman–Crippen MR) is 74.4 cm³/mol. The molecular formula is C14H22N4O2. The molecule has 0 aromatic carbocycles. The number of amides is 1. The van der Waals surface area contributed by atoms with Gasteiger partial charge in [0.05, 0.1) is 5.41 Å². The third-order valence-corrected chi connectivity index (χ3v) is 4.51. The van der Waals surface area contributed by atoms with Gasteiger partial charge in [0.15, 0.2) is 0 Å². The fourth-order valence-corrected chi connectivity index (χ4v) is 3.38. The molecule has 2 saturated heterocycles. The van der Waals surface area contributed by atoms with Crippen LogP contribution in [0.4, 0.5) is 5.95 Å². The smallest absolute Gasteiger partial charge is 0.266 e. The van der Waals surface area contributed by atoms with Crippen LogP contribution in [0, 0.1) is 5.41 Å². The highest BCUT2D eigenvalue weighted by Gasteiger charge is 2.48. The highest BCUT2D eigenvalue weighted by atomic mass is 16.5. The molecule has 1 spiro atoms. The van der Waals surface area contributed by atoms with Crippen LogP contribution in [0.25, 0.3) is 0 Å². The van der Waals surface area contributed by atoms with E-state index in [-0.39, 0.29) is 11.3 Å². The Balaban J connectivity index is 1.73. The topological polar surface area (TPSA) is 62.5 Å². The minimum absolute atomic E-state index is 0.224. The molecule has 0 saturated carbocycles. The van der Waals surface area contributed by atoms with Crippen molar-refractivity contribution < 1.29 is 9.32 Å². The van der Waals surface area contributed by atoms with Crippen LogP contribution in [0.5, 0.6) is 0 Å². The van der Waals surface area contributed by atoms with Crippen LogP contribution in [0.15, 0.2) is 4.52 Å². The van der Waals surface area contributed by atoms with Crippen LogP contribution in [-0.2, 0) is 11.2 Å². The maximum absolute atomic E-state index is 12.5. The SMILES string of the molecule is CCCc1nc(N2CC[C@]3(CCCN(C)C3=O)C2)no1. The molecule has 0 aliphatic carbocycles. The van der Waals surface area contributed by atoms with Crippen molar-refractivity contribution in [2.24, 2.45) is 5.41 Å². The molecule has 6 nitrogen and oxygen atoms in total. The zero-order chi connectivity index (χ0) is 14.2. The summed E-state index contributed by atoms with van der Waals surface area (Å²) in [5.74, 6) is 1.62. The van der Waals surface area contributed by atoms with Crippen molar-refractivity contribution >= 4 is 11.9 Å². The number of carbonyl (C=O) groups excluding carboxylic acids is 1. The number of carbonyl (C=O) groups is 1. The second-order valence-electron chi connectivity index (χ2n) is 6.02. The summed E-state index contributed by atoms with van der Waals surface area (Å²) in [6, 6.07) is 0. The van der Waals surface area contributed by atoms with Gasteiger partial charge in [0.1, 0.15) is 0 Å². The molecule has 1 atom stereocenters. The van der Waals surface area contributed by atoms with Gasteiger partial charge in [0.2, 0.25) is 11.8 Å². The normalized spacial score (nSPS) is 26.8. The van der Waals surface area contributed by atoms with E-state index in [0.29, 0.717) is 11.8 Å². The lowest BCUT2D eigenvalue weighted by Crippen LogP contribution is -2.48. The Kier molecular flexibility index (Phi) is 3.40. The van der Waals surface area contributed by atoms with Gasteiger partial charge in [-0.15, -0.1) is 0 Å². The Morgan fingerprint density at radius 1 is 1.35 bits per heavy atom. The van der Waals surface area contributed by atoms with Crippen LogP contribution in [0.2, 0.25) is 0 Å². The van der Waals surface area contributed by atoms with Gasteiger partial charge in [0, 0.05) is 33.1 Å². The third kappa shape index (κ3) is 2.17. The Hall–Kier alpha value is -1.59. The van der Waals surface area contributed by atoms with Crippen LogP contribution in [-0.4, -0.2) is 47.6 Å². The molecule has 1 amide bonds. The first kappa shape index (κ1) is 13.4. The largest absolute Gasteiger partial charge is 0.345 e. The van der Waals surface area contributed by atoms with Gasteiger partial charge in [-0.1, -0.05) is 6.92 Å². The molecule has 2 aliphatic heterocycles. The number of nitrogens with zero attached hydrogens (tertiary/aromatic N) is 4. The molecule has 1 aromatic heterocycles. The lowest BCUT2D eigenvalue weighted by atomic mass is 9.78. The van der Waals surface area contributed by atoms with Crippen molar-refractivity contribution in [3.63, 3.8) is 0 Å². The number of likely N-dealkylation sites (tertiary alicyclic amines) is 1. The zero-order valence-electron chi connectivity index (χ0n) is 12.3. The van der Waals surface area contributed by atoms with Crippen molar-refractivity contribution in [3.05, 3.63) is 5.89 Å². The Morgan fingerprint density at radius 3 is 3.00 bits per heavy atom. The number of aromatic nitrogens is 2. The van der Waals surface area contributed by atoms with Crippen molar-refractivity contribution in [2.45, 2.75) is 39.0 Å². The van der Waals surface area contributed by atoms with Crippen LogP contribution < -0.4 is 4.90 Å². The first-order chi connectivity index (χ1) is 9.64. The monoisotopic (exact) mass is 278 g/mol. The van der Waals surface area contributed by atoms with E-state index in [1.165, 1.54) is 0 Å². The summed E-state index contributed by atoms with van der Waals surface area (Å²) in [5, 5.41) is 4.05. The number of rotatable bonds is 3. The third-order valence-electron chi connectivity index (χ3n) is 4.51. The maximum Gasteiger partial charge on any atom is 0.266 e. The lowest BCUT2D eigenvalue weighted by molar-refractivity contribution is -0.143. The molecular weight excluding hydrogens is 256 g/mol. The van der Waals surface area contributed by atoms with Crippen LogP contribution in [0.1, 0.15) is 38.5 Å².